The number of carboxylic acids is 1. The first-order valence-corrected chi connectivity index (χ1v) is 7.78. The molecule has 124 valence electrons. The van der Waals surface area contributed by atoms with Gasteiger partial charge in [-0.25, -0.2) is 0 Å². The minimum atomic E-state index is -0.911. The zero-order valence-corrected chi connectivity index (χ0v) is 14.3. The lowest BCUT2D eigenvalue weighted by molar-refractivity contribution is -0.137. The predicted octanol–water partition coefficient (Wildman–Crippen LogP) is 2.15. The van der Waals surface area contributed by atoms with Crippen molar-refractivity contribution in [2.45, 2.75) is 32.2 Å². The minimum Gasteiger partial charge on any atom is -0.482 e. The smallest absolute Gasteiger partial charge is 0.303 e. The van der Waals surface area contributed by atoms with Crippen LogP contribution in [0.4, 0.5) is 5.69 Å². The summed E-state index contributed by atoms with van der Waals surface area (Å²) in [4.78, 5) is 34.4. The van der Waals surface area contributed by atoms with Crippen LogP contribution >= 0.6 is 15.9 Å². The molecule has 2 amide bonds. The molecule has 3 N–H and O–H groups in total. The van der Waals surface area contributed by atoms with Gasteiger partial charge >= 0.3 is 5.97 Å². The molecule has 0 fully saturated rings. The van der Waals surface area contributed by atoms with Gasteiger partial charge in [0.2, 0.25) is 0 Å². The SMILES string of the molecule is CC(C)(CCC(=O)O)NC(=O)c1cc2c(cc1Br)NC(=O)CO2. The van der Waals surface area contributed by atoms with E-state index in [1.54, 1.807) is 26.0 Å². The molecule has 1 heterocycles. The number of ether oxygens (including phenoxy) is 1. The molecule has 0 atom stereocenters. The van der Waals surface area contributed by atoms with Crippen LogP contribution < -0.4 is 15.4 Å². The van der Waals surface area contributed by atoms with Gasteiger partial charge in [0.25, 0.3) is 11.8 Å². The van der Waals surface area contributed by atoms with E-state index < -0.39 is 11.5 Å². The number of carboxylic acid groups (broad SMARTS) is 1. The van der Waals surface area contributed by atoms with E-state index in [-0.39, 0.29) is 24.8 Å². The number of carbonyl (C=O) groups excluding carboxylic acids is 2. The summed E-state index contributed by atoms with van der Waals surface area (Å²) in [5, 5.41) is 14.2. The maximum atomic E-state index is 12.4. The molecule has 2 rings (SSSR count). The molecule has 0 spiro atoms. The lowest BCUT2D eigenvalue weighted by Gasteiger charge is -2.26. The van der Waals surface area contributed by atoms with Crippen LogP contribution in [-0.4, -0.2) is 35.0 Å². The molecular weight excluding hydrogens is 368 g/mol. The Morgan fingerprint density at radius 3 is 2.78 bits per heavy atom. The van der Waals surface area contributed by atoms with Crippen molar-refractivity contribution in [1.29, 1.82) is 0 Å². The lowest BCUT2D eigenvalue weighted by Crippen LogP contribution is -2.43. The van der Waals surface area contributed by atoms with Gasteiger partial charge in [-0.05, 0) is 48.3 Å². The van der Waals surface area contributed by atoms with E-state index in [0.29, 0.717) is 27.9 Å². The van der Waals surface area contributed by atoms with Gasteiger partial charge in [0.05, 0.1) is 11.3 Å². The van der Waals surface area contributed by atoms with Crippen molar-refractivity contribution in [3.05, 3.63) is 22.2 Å². The first kappa shape index (κ1) is 17.3. The predicted molar refractivity (Wildman–Crippen MR) is 86.7 cm³/mol. The second kappa shape index (κ2) is 6.57. The van der Waals surface area contributed by atoms with Crippen LogP contribution in [0.3, 0.4) is 0 Å². The van der Waals surface area contributed by atoms with Crippen LogP contribution in [0.2, 0.25) is 0 Å². The van der Waals surface area contributed by atoms with E-state index in [2.05, 4.69) is 26.6 Å². The molecule has 0 aliphatic carbocycles. The van der Waals surface area contributed by atoms with Crippen molar-refractivity contribution in [3.63, 3.8) is 0 Å². The molecule has 1 aromatic carbocycles. The van der Waals surface area contributed by atoms with Crippen molar-refractivity contribution < 1.29 is 24.2 Å². The van der Waals surface area contributed by atoms with E-state index in [1.807, 2.05) is 0 Å². The second-order valence-corrected chi connectivity index (χ2v) is 6.75. The number of nitrogens with one attached hydrogen (secondary N) is 2. The van der Waals surface area contributed by atoms with E-state index in [1.165, 1.54) is 0 Å². The Morgan fingerprint density at radius 1 is 1.43 bits per heavy atom. The minimum absolute atomic E-state index is 0.0339. The summed E-state index contributed by atoms with van der Waals surface area (Å²) in [5.74, 6) is -1.10. The van der Waals surface area contributed by atoms with Gasteiger partial charge in [0.1, 0.15) is 5.75 Å². The van der Waals surface area contributed by atoms with Crippen LogP contribution in [0.1, 0.15) is 37.0 Å². The van der Waals surface area contributed by atoms with Crippen LogP contribution in [-0.2, 0) is 9.59 Å². The van der Waals surface area contributed by atoms with Gasteiger partial charge in [0, 0.05) is 16.4 Å². The monoisotopic (exact) mass is 384 g/mol. The molecule has 0 aromatic heterocycles. The molecular formula is C15H17BrN2O5. The fourth-order valence-electron chi connectivity index (χ4n) is 2.13. The van der Waals surface area contributed by atoms with Gasteiger partial charge in [-0.1, -0.05) is 0 Å². The van der Waals surface area contributed by atoms with Crippen molar-refractivity contribution in [2.75, 3.05) is 11.9 Å². The number of fused-ring (bicyclic) bond motifs is 1. The zero-order chi connectivity index (χ0) is 17.2. The number of aliphatic carboxylic acids is 1. The topological polar surface area (TPSA) is 105 Å². The maximum Gasteiger partial charge on any atom is 0.303 e. The summed E-state index contributed by atoms with van der Waals surface area (Å²) in [6.45, 7) is 3.42. The quantitative estimate of drug-likeness (QED) is 0.721. The molecule has 0 bridgehead atoms. The molecule has 23 heavy (non-hydrogen) atoms. The van der Waals surface area contributed by atoms with Gasteiger partial charge in [0.15, 0.2) is 6.61 Å². The van der Waals surface area contributed by atoms with E-state index >= 15 is 0 Å². The summed E-state index contributed by atoms with van der Waals surface area (Å²) in [6.07, 6.45) is 0.275. The van der Waals surface area contributed by atoms with Crippen LogP contribution in [0.5, 0.6) is 5.75 Å². The van der Waals surface area contributed by atoms with E-state index in [9.17, 15) is 14.4 Å². The molecule has 1 aliphatic heterocycles. The normalized spacial score (nSPS) is 13.6. The average molecular weight is 385 g/mol. The summed E-state index contributed by atoms with van der Waals surface area (Å²) >= 11 is 3.30. The highest BCUT2D eigenvalue weighted by Gasteiger charge is 2.25. The number of hydrogen-bond acceptors (Lipinski definition) is 4. The molecule has 0 saturated heterocycles. The van der Waals surface area contributed by atoms with E-state index in [0.717, 1.165) is 0 Å². The van der Waals surface area contributed by atoms with E-state index in [4.69, 9.17) is 9.84 Å². The Kier molecular flexibility index (Phi) is 4.93. The molecule has 0 unspecified atom stereocenters. The molecule has 0 saturated carbocycles. The molecule has 1 aliphatic rings. The standard InChI is InChI=1S/C15H17BrN2O5/c1-15(2,4-3-13(20)21)18-14(22)8-5-11-10(6-9(8)16)17-12(19)7-23-11/h5-6H,3-4,7H2,1-2H3,(H,17,19)(H,18,22)(H,20,21). The lowest BCUT2D eigenvalue weighted by atomic mass is 9.97. The largest absolute Gasteiger partial charge is 0.482 e. The van der Waals surface area contributed by atoms with Gasteiger partial charge in [-0.3, -0.25) is 14.4 Å². The third-order valence-corrected chi connectivity index (χ3v) is 4.02. The summed E-state index contributed by atoms with van der Waals surface area (Å²) in [7, 11) is 0. The Labute approximate surface area is 141 Å². The van der Waals surface area contributed by atoms with Crippen molar-refractivity contribution in [2.24, 2.45) is 0 Å². The van der Waals surface area contributed by atoms with Gasteiger partial charge in [-0.15, -0.1) is 0 Å². The van der Waals surface area contributed by atoms with Gasteiger partial charge in [-0.2, -0.15) is 0 Å². The maximum absolute atomic E-state index is 12.4. The third-order valence-electron chi connectivity index (χ3n) is 3.36. The third kappa shape index (κ3) is 4.44. The highest BCUT2D eigenvalue weighted by molar-refractivity contribution is 9.10. The average Bonchev–Trinajstić information content (AvgIpc) is 2.43. The molecule has 1 aromatic rings. The Hall–Kier alpha value is -2.09. The Morgan fingerprint density at radius 2 is 2.13 bits per heavy atom. The Bertz CT molecular complexity index is 672. The number of hydrogen-bond donors (Lipinski definition) is 3. The zero-order valence-electron chi connectivity index (χ0n) is 12.7. The number of benzene rings is 1. The first-order valence-electron chi connectivity index (χ1n) is 6.98. The fraction of sp³-hybridized carbons (Fsp3) is 0.400. The summed E-state index contributed by atoms with van der Waals surface area (Å²) < 4.78 is 5.81. The van der Waals surface area contributed by atoms with Crippen LogP contribution in [0.15, 0.2) is 16.6 Å². The summed E-state index contributed by atoms with van der Waals surface area (Å²) in [5.41, 5.74) is 0.179. The summed E-state index contributed by atoms with van der Waals surface area (Å²) in [6, 6.07) is 3.15. The van der Waals surface area contributed by atoms with Crippen LogP contribution in [0, 0.1) is 0 Å². The molecule has 0 radical (unpaired) electrons. The van der Waals surface area contributed by atoms with Crippen molar-refractivity contribution >= 4 is 39.4 Å². The Balaban J connectivity index is 2.16. The van der Waals surface area contributed by atoms with Gasteiger partial charge < -0.3 is 20.5 Å². The number of amides is 2. The highest BCUT2D eigenvalue weighted by atomic mass is 79.9. The van der Waals surface area contributed by atoms with Crippen molar-refractivity contribution in [3.8, 4) is 5.75 Å². The van der Waals surface area contributed by atoms with Crippen molar-refractivity contribution in [1.82, 2.24) is 5.32 Å². The van der Waals surface area contributed by atoms with Crippen LogP contribution in [0.25, 0.3) is 0 Å². The highest BCUT2D eigenvalue weighted by Crippen LogP contribution is 2.33. The first-order chi connectivity index (χ1) is 10.7. The molecule has 8 heteroatoms. The fourth-order valence-corrected chi connectivity index (χ4v) is 2.65. The second-order valence-electron chi connectivity index (χ2n) is 5.90. The number of halogens is 1. The number of anilines is 1. The number of rotatable bonds is 5. The molecule has 7 nitrogen and oxygen atoms in total. The number of carbonyl (C=O) groups is 3.